The zero-order valence-corrected chi connectivity index (χ0v) is 18.4. The Morgan fingerprint density at radius 3 is 2.52 bits per heavy atom. The number of likely N-dealkylation sites (tertiary alicyclic amines) is 1. The van der Waals surface area contributed by atoms with Gasteiger partial charge in [0.25, 0.3) is 5.91 Å². The van der Waals surface area contributed by atoms with Crippen molar-refractivity contribution in [3.05, 3.63) is 35.9 Å². The molecule has 2 amide bonds. The highest BCUT2D eigenvalue weighted by molar-refractivity contribution is 5.94. The summed E-state index contributed by atoms with van der Waals surface area (Å²) in [4.78, 5) is 29.3. The summed E-state index contributed by atoms with van der Waals surface area (Å²) in [5, 5.41) is 3.09. The van der Waals surface area contributed by atoms with E-state index in [9.17, 15) is 9.59 Å². The quantitative estimate of drug-likeness (QED) is 0.748. The van der Waals surface area contributed by atoms with Crippen molar-refractivity contribution in [1.82, 2.24) is 15.1 Å². The van der Waals surface area contributed by atoms with Gasteiger partial charge in [-0.25, -0.2) is 0 Å². The third-order valence-corrected chi connectivity index (χ3v) is 6.96. The van der Waals surface area contributed by atoms with Gasteiger partial charge in [-0.15, -0.1) is 0 Å². The maximum absolute atomic E-state index is 12.7. The molecule has 0 saturated carbocycles. The van der Waals surface area contributed by atoms with Gasteiger partial charge in [-0.1, -0.05) is 18.2 Å². The second-order valence-electron chi connectivity index (χ2n) is 9.05. The van der Waals surface area contributed by atoms with E-state index in [0.29, 0.717) is 24.4 Å². The van der Waals surface area contributed by atoms with Crippen LogP contribution in [0.5, 0.6) is 0 Å². The number of carbonyl (C=O) groups excluding carboxylic acids is 2. The van der Waals surface area contributed by atoms with E-state index in [2.05, 4.69) is 10.2 Å². The molecule has 3 heterocycles. The van der Waals surface area contributed by atoms with Gasteiger partial charge in [0.1, 0.15) is 0 Å². The van der Waals surface area contributed by atoms with Gasteiger partial charge in [-0.3, -0.25) is 14.5 Å². The second-order valence-corrected chi connectivity index (χ2v) is 9.05. The Kier molecular flexibility index (Phi) is 7.58. The molecule has 0 aliphatic carbocycles. The van der Waals surface area contributed by atoms with Crippen molar-refractivity contribution in [3.63, 3.8) is 0 Å². The van der Waals surface area contributed by atoms with Crippen LogP contribution in [0, 0.1) is 5.92 Å². The van der Waals surface area contributed by atoms with Crippen LogP contribution in [0.25, 0.3) is 0 Å². The molecule has 7 heteroatoms. The number of hydrogen-bond acceptors (Lipinski definition) is 5. The standard InChI is InChI=1S/C24H35N3O4/c28-22(6-10-26-13-16-30-17-14-26)27-11-8-24(9-12-27)18-20(7-15-31-24)19-25-23(29)21-4-2-1-3-5-21/h1-5,20H,6-19H2,(H,25,29). The summed E-state index contributed by atoms with van der Waals surface area (Å²) in [6, 6.07) is 9.36. The fourth-order valence-corrected chi connectivity index (χ4v) is 4.98. The van der Waals surface area contributed by atoms with Crippen LogP contribution in [0.3, 0.4) is 0 Å². The Morgan fingerprint density at radius 1 is 1.03 bits per heavy atom. The number of ether oxygens (including phenoxy) is 2. The van der Waals surface area contributed by atoms with Crippen LogP contribution in [0.1, 0.15) is 42.5 Å². The fraction of sp³-hybridized carbons (Fsp3) is 0.667. The van der Waals surface area contributed by atoms with Gasteiger partial charge in [-0.2, -0.15) is 0 Å². The molecule has 3 aliphatic rings. The number of piperidine rings is 1. The van der Waals surface area contributed by atoms with Gasteiger partial charge in [-0.05, 0) is 43.7 Å². The van der Waals surface area contributed by atoms with Gasteiger partial charge in [0.05, 0.1) is 18.8 Å². The number of benzene rings is 1. The van der Waals surface area contributed by atoms with E-state index >= 15 is 0 Å². The molecule has 1 aromatic carbocycles. The first-order valence-corrected chi connectivity index (χ1v) is 11.7. The lowest BCUT2D eigenvalue weighted by molar-refractivity contribution is -0.147. The molecule has 7 nitrogen and oxygen atoms in total. The summed E-state index contributed by atoms with van der Waals surface area (Å²) in [6.45, 7) is 7.16. The average molecular weight is 430 g/mol. The van der Waals surface area contributed by atoms with E-state index in [0.717, 1.165) is 78.2 Å². The summed E-state index contributed by atoms with van der Waals surface area (Å²) in [6.07, 6.45) is 4.29. The van der Waals surface area contributed by atoms with Crippen molar-refractivity contribution in [2.45, 2.75) is 37.7 Å². The first-order valence-electron chi connectivity index (χ1n) is 11.7. The molecule has 0 radical (unpaired) electrons. The van der Waals surface area contributed by atoms with Gasteiger partial charge >= 0.3 is 0 Å². The normalized spacial score (nSPS) is 24.1. The van der Waals surface area contributed by atoms with Crippen molar-refractivity contribution in [3.8, 4) is 0 Å². The Hall–Kier alpha value is -1.96. The molecule has 1 aromatic rings. The fourth-order valence-electron chi connectivity index (χ4n) is 4.98. The molecule has 3 aliphatic heterocycles. The zero-order chi connectivity index (χ0) is 21.5. The number of amides is 2. The Balaban J connectivity index is 1.20. The Labute approximate surface area is 185 Å². The highest BCUT2D eigenvalue weighted by Crippen LogP contribution is 2.37. The summed E-state index contributed by atoms with van der Waals surface area (Å²) in [5.41, 5.74) is 0.564. The molecule has 3 saturated heterocycles. The zero-order valence-electron chi connectivity index (χ0n) is 18.4. The van der Waals surface area contributed by atoms with Crippen LogP contribution in [0.2, 0.25) is 0 Å². The van der Waals surface area contributed by atoms with Crippen LogP contribution in [0.4, 0.5) is 0 Å². The SMILES string of the molecule is O=C(NCC1CCOC2(CCN(C(=O)CCN3CCOCC3)CC2)C1)c1ccccc1. The molecule has 3 fully saturated rings. The summed E-state index contributed by atoms with van der Waals surface area (Å²) in [7, 11) is 0. The molecule has 0 aromatic heterocycles. The van der Waals surface area contributed by atoms with Crippen molar-refractivity contribution >= 4 is 11.8 Å². The maximum Gasteiger partial charge on any atom is 0.251 e. The predicted molar refractivity (Wildman–Crippen MR) is 118 cm³/mol. The summed E-state index contributed by atoms with van der Waals surface area (Å²) < 4.78 is 11.6. The highest BCUT2D eigenvalue weighted by atomic mass is 16.5. The number of nitrogens with zero attached hydrogens (tertiary/aromatic N) is 2. The Bertz CT molecular complexity index is 728. The minimum atomic E-state index is -0.138. The lowest BCUT2D eigenvalue weighted by Crippen LogP contribution is -2.52. The number of nitrogens with one attached hydrogen (secondary N) is 1. The second kappa shape index (κ2) is 10.6. The van der Waals surface area contributed by atoms with Crippen molar-refractivity contribution in [1.29, 1.82) is 0 Å². The van der Waals surface area contributed by atoms with Crippen LogP contribution >= 0.6 is 0 Å². The van der Waals surface area contributed by atoms with Crippen LogP contribution < -0.4 is 5.32 Å². The molecule has 31 heavy (non-hydrogen) atoms. The van der Waals surface area contributed by atoms with Crippen LogP contribution in [0.15, 0.2) is 30.3 Å². The van der Waals surface area contributed by atoms with Crippen molar-refractivity contribution in [2.75, 3.05) is 59.1 Å². The number of carbonyl (C=O) groups is 2. The molecule has 1 unspecified atom stereocenters. The van der Waals surface area contributed by atoms with Crippen LogP contribution in [-0.2, 0) is 14.3 Å². The molecule has 1 spiro atoms. The minimum Gasteiger partial charge on any atom is -0.379 e. The maximum atomic E-state index is 12.7. The Morgan fingerprint density at radius 2 is 1.77 bits per heavy atom. The van der Waals surface area contributed by atoms with Gasteiger partial charge in [0.2, 0.25) is 5.91 Å². The summed E-state index contributed by atoms with van der Waals surface area (Å²) >= 11 is 0. The van der Waals surface area contributed by atoms with Gasteiger partial charge in [0.15, 0.2) is 0 Å². The molecule has 170 valence electrons. The average Bonchev–Trinajstić information content (AvgIpc) is 2.83. The van der Waals surface area contributed by atoms with Crippen LogP contribution in [-0.4, -0.2) is 86.3 Å². The topological polar surface area (TPSA) is 71.1 Å². The first kappa shape index (κ1) is 22.2. The molecule has 4 rings (SSSR count). The first-order chi connectivity index (χ1) is 15.1. The largest absolute Gasteiger partial charge is 0.379 e. The molecule has 1 N–H and O–H groups in total. The van der Waals surface area contributed by atoms with Gasteiger partial charge < -0.3 is 19.7 Å². The van der Waals surface area contributed by atoms with Crippen molar-refractivity contribution < 1.29 is 19.1 Å². The number of hydrogen-bond donors (Lipinski definition) is 1. The smallest absolute Gasteiger partial charge is 0.251 e. The van der Waals surface area contributed by atoms with E-state index in [1.54, 1.807) is 0 Å². The predicted octanol–water partition coefficient (Wildman–Crippen LogP) is 1.93. The van der Waals surface area contributed by atoms with E-state index in [1.165, 1.54) is 0 Å². The van der Waals surface area contributed by atoms with E-state index < -0.39 is 0 Å². The molecule has 1 atom stereocenters. The number of morpholine rings is 1. The third kappa shape index (κ3) is 6.05. The lowest BCUT2D eigenvalue weighted by Gasteiger charge is -2.46. The van der Waals surface area contributed by atoms with E-state index in [-0.39, 0.29) is 17.4 Å². The van der Waals surface area contributed by atoms with Crippen molar-refractivity contribution in [2.24, 2.45) is 5.92 Å². The monoisotopic (exact) mass is 429 g/mol. The van der Waals surface area contributed by atoms with E-state index in [4.69, 9.17) is 9.47 Å². The third-order valence-electron chi connectivity index (χ3n) is 6.96. The van der Waals surface area contributed by atoms with E-state index in [1.807, 2.05) is 35.2 Å². The number of rotatable bonds is 6. The van der Waals surface area contributed by atoms with Gasteiger partial charge in [0, 0.05) is 57.9 Å². The highest BCUT2D eigenvalue weighted by Gasteiger charge is 2.41. The minimum absolute atomic E-state index is 0.0122. The molecule has 0 bridgehead atoms. The molecular formula is C24H35N3O4. The molecular weight excluding hydrogens is 394 g/mol. The summed E-state index contributed by atoms with van der Waals surface area (Å²) in [5.74, 6) is 0.663. The lowest BCUT2D eigenvalue weighted by atomic mass is 9.79.